The molecule has 1 fully saturated rings. The highest BCUT2D eigenvalue weighted by Crippen LogP contribution is 2.41. The zero-order valence-corrected chi connectivity index (χ0v) is 14.3. The van der Waals surface area contributed by atoms with Crippen LogP contribution in [0.1, 0.15) is 53.4 Å². The van der Waals surface area contributed by atoms with Gasteiger partial charge in [0.25, 0.3) is 0 Å². The first kappa shape index (κ1) is 17.9. The fourth-order valence-electron chi connectivity index (χ4n) is 3.78. The Labute approximate surface area is 126 Å². The first-order valence-electron chi connectivity index (χ1n) is 8.37. The Hall–Kier alpha value is -0.120. The molecule has 2 N–H and O–H groups in total. The van der Waals surface area contributed by atoms with Gasteiger partial charge >= 0.3 is 0 Å². The molecule has 0 aromatic rings. The van der Waals surface area contributed by atoms with Gasteiger partial charge in [-0.1, -0.05) is 27.7 Å². The summed E-state index contributed by atoms with van der Waals surface area (Å²) in [6.45, 7) is 13.1. The van der Waals surface area contributed by atoms with Crippen LogP contribution in [-0.4, -0.2) is 44.3 Å². The molecular weight excluding hydrogens is 248 g/mol. The van der Waals surface area contributed by atoms with Crippen LogP contribution in [-0.2, 0) is 4.74 Å². The van der Waals surface area contributed by atoms with Crippen molar-refractivity contribution in [2.75, 3.05) is 33.4 Å². The summed E-state index contributed by atoms with van der Waals surface area (Å²) in [4.78, 5) is 2.52. The van der Waals surface area contributed by atoms with Crippen LogP contribution in [0, 0.1) is 17.3 Å². The number of ether oxygens (including phenoxy) is 1. The van der Waals surface area contributed by atoms with Crippen LogP contribution in [0.2, 0.25) is 0 Å². The standard InChI is InChI=1S/C17H36N2O/c1-6-19(11-12-20-5)16(13-18)14-7-9-15(10-8-14)17(2,3)4/h14-16H,6-13,18H2,1-5H3. The molecule has 0 heterocycles. The van der Waals surface area contributed by atoms with E-state index in [1.165, 1.54) is 25.7 Å². The van der Waals surface area contributed by atoms with Crippen LogP contribution in [0.25, 0.3) is 0 Å². The fourth-order valence-corrected chi connectivity index (χ4v) is 3.78. The van der Waals surface area contributed by atoms with Gasteiger partial charge in [0.15, 0.2) is 0 Å². The van der Waals surface area contributed by atoms with Crippen molar-refractivity contribution in [1.82, 2.24) is 4.90 Å². The Balaban J connectivity index is 2.55. The third-order valence-electron chi connectivity index (χ3n) is 5.24. The van der Waals surface area contributed by atoms with Crippen molar-refractivity contribution in [2.24, 2.45) is 23.0 Å². The van der Waals surface area contributed by atoms with Gasteiger partial charge in [0.2, 0.25) is 0 Å². The van der Waals surface area contributed by atoms with Crippen molar-refractivity contribution in [3.8, 4) is 0 Å². The Morgan fingerprint density at radius 1 is 1.20 bits per heavy atom. The maximum atomic E-state index is 6.09. The molecule has 0 radical (unpaired) electrons. The predicted molar refractivity (Wildman–Crippen MR) is 86.9 cm³/mol. The molecule has 1 aliphatic rings. The lowest BCUT2D eigenvalue weighted by Crippen LogP contribution is -2.48. The molecule has 0 amide bonds. The predicted octanol–water partition coefficient (Wildman–Crippen LogP) is 3.13. The summed E-state index contributed by atoms with van der Waals surface area (Å²) >= 11 is 0. The van der Waals surface area contributed by atoms with E-state index in [-0.39, 0.29) is 0 Å². The van der Waals surface area contributed by atoms with E-state index < -0.39 is 0 Å². The smallest absolute Gasteiger partial charge is 0.0589 e. The van der Waals surface area contributed by atoms with Gasteiger partial charge in [-0.2, -0.15) is 0 Å². The van der Waals surface area contributed by atoms with Crippen molar-refractivity contribution >= 4 is 0 Å². The fraction of sp³-hybridized carbons (Fsp3) is 1.00. The topological polar surface area (TPSA) is 38.5 Å². The van der Waals surface area contributed by atoms with E-state index in [0.29, 0.717) is 11.5 Å². The molecule has 0 aromatic carbocycles. The van der Waals surface area contributed by atoms with Crippen LogP contribution in [0.15, 0.2) is 0 Å². The van der Waals surface area contributed by atoms with Gasteiger partial charge < -0.3 is 10.5 Å². The van der Waals surface area contributed by atoms with E-state index in [1.807, 2.05) is 0 Å². The molecule has 0 bridgehead atoms. The van der Waals surface area contributed by atoms with E-state index in [4.69, 9.17) is 10.5 Å². The molecular formula is C17H36N2O. The van der Waals surface area contributed by atoms with Gasteiger partial charge in [-0.15, -0.1) is 0 Å². The van der Waals surface area contributed by atoms with Crippen molar-refractivity contribution in [2.45, 2.75) is 59.4 Å². The number of hydrogen-bond acceptors (Lipinski definition) is 3. The quantitative estimate of drug-likeness (QED) is 0.780. The lowest BCUT2D eigenvalue weighted by Gasteiger charge is -2.42. The maximum Gasteiger partial charge on any atom is 0.0589 e. The van der Waals surface area contributed by atoms with Crippen molar-refractivity contribution < 1.29 is 4.74 Å². The van der Waals surface area contributed by atoms with Gasteiger partial charge in [0.1, 0.15) is 0 Å². The molecule has 1 saturated carbocycles. The zero-order valence-electron chi connectivity index (χ0n) is 14.3. The average Bonchev–Trinajstić information content (AvgIpc) is 2.42. The maximum absolute atomic E-state index is 6.09. The lowest BCUT2D eigenvalue weighted by atomic mass is 9.68. The van der Waals surface area contributed by atoms with Crippen LogP contribution < -0.4 is 5.73 Å². The first-order valence-corrected chi connectivity index (χ1v) is 8.37. The zero-order chi connectivity index (χ0) is 15.2. The van der Waals surface area contributed by atoms with E-state index in [2.05, 4.69) is 32.6 Å². The highest BCUT2D eigenvalue weighted by Gasteiger charge is 2.34. The Morgan fingerprint density at radius 3 is 2.20 bits per heavy atom. The number of rotatable bonds is 7. The monoisotopic (exact) mass is 284 g/mol. The minimum absolute atomic E-state index is 0.462. The number of nitrogens with two attached hydrogens (primary N) is 1. The molecule has 1 rings (SSSR count). The van der Waals surface area contributed by atoms with Crippen LogP contribution in [0.4, 0.5) is 0 Å². The Kier molecular flexibility index (Phi) is 7.49. The first-order chi connectivity index (χ1) is 9.43. The highest BCUT2D eigenvalue weighted by atomic mass is 16.5. The molecule has 20 heavy (non-hydrogen) atoms. The largest absolute Gasteiger partial charge is 0.383 e. The van der Waals surface area contributed by atoms with Gasteiger partial charge in [0.05, 0.1) is 6.61 Å². The van der Waals surface area contributed by atoms with Crippen LogP contribution in [0.5, 0.6) is 0 Å². The minimum Gasteiger partial charge on any atom is -0.383 e. The molecule has 0 aliphatic heterocycles. The van der Waals surface area contributed by atoms with Crippen LogP contribution in [0.3, 0.4) is 0 Å². The summed E-state index contributed by atoms with van der Waals surface area (Å²) < 4.78 is 5.24. The van der Waals surface area contributed by atoms with Crippen molar-refractivity contribution in [3.05, 3.63) is 0 Å². The summed E-state index contributed by atoms with van der Waals surface area (Å²) in [6.07, 6.45) is 5.42. The lowest BCUT2D eigenvalue weighted by molar-refractivity contribution is 0.0657. The number of methoxy groups -OCH3 is 1. The average molecular weight is 284 g/mol. The molecule has 0 saturated heterocycles. The number of hydrogen-bond donors (Lipinski definition) is 1. The second kappa shape index (κ2) is 8.35. The molecule has 0 spiro atoms. The SMILES string of the molecule is CCN(CCOC)C(CN)C1CCC(C(C)(C)C)CC1. The second-order valence-electron chi connectivity index (χ2n) is 7.40. The molecule has 1 unspecified atom stereocenters. The molecule has 3 nitrogen and oxygen atoms in total. The molecule has 3 heteroatoms. The molecule has 1 aliphatic carbocycles. The molecule has 0 aromatic heterocycles. The van der Waals surface area contributed by atoms with E-state index in [9.17, 15) is 0 Å². The summed E-state index contributed by atoms with van der Waals surface area (Å²) in [6, 6.07) is 0.538. The summed E-state index contributed by atoms with van der Waals surface area (Å²) in [5.41, 5.74) is 6.55. The summed E-state index contributed by atoms with van der Waals surface area (Å²) in [5, 5.41) is 0. The normalized spacial score (nSPS) is 25.9. The summed E-state index contributed by atoms with van der Waals surface area (Å²) in [5.74, 6) is 1.65. The van der Waals surface area contributed by atoms with E-state index in [1.54, 1.807) is 7.11 Å². The summed E-state index contributed by atoms with van der Waals surface area (Å²) in [7, 11) is 1.78. The van der Waals surface area contributed by atoms with Gasteiger partial charge in [-0.3, -0.25) is 4.90 Å². The minimum atomic E-state index is 0.462. The highest BCUT2D eigenvalue weighted by molar-refractivity contribution is 4.87. The Bertz CT molecular complexity index is 254. The molecule has 120 valence electrons. The van der Waals surface area contributed by atoms with E-state index in [0.717, 1.165) is 38.1 Å². The third-order valence-corrected chi connectivity index (χ3v) is 5.24. The second-order valence-corrected chi connectivity index (χ2v) is 7.40. The third kappa shape index (κ3) is 5.01. The van der Waals surface area contributed by atoms with Crippen molar-refractivity contribution in [1.29, 1.82) is 0 Å². The van der Waals surface area contributed by atoms with Crippen LogP contribution >= 0.6 is 0 Å². The van der Waals surface area contributed by atoms with Crippen molar-refractivity contribution in [3.63, 3.8) is 0 Å². The van der Waals surface area contributed by atoms with Gasteiger partial charge in [-0.05, 0) is 49.5 Å². The van der Waals surface area contributed by atoms with Gasteiger partial charge in [0, 0.05) is 26.2 Å². The number of nitrogens with zero attached hydrogens (tertiary/aromatic N) is 1. The van der Waals surface area contributed by atoms with Gasteiger partial charge in [-0.25, -0.2) is 0 Å². The van der Waals surface area contributed by atoms with E-state index >= 15 is 0 Å². The number of likely N-dealkylation sites (N-methyl/N-ethyl adjacent to an activating group) is 1. The Morgan fingerprint density at radius 2 is 1.80 bits per heavy atom. The molecule has 1 atom stereocenters.